The van der Waals surface area contributed by atoms with Crippen molar-refractivity contribution in [3.63, 3.8) is 0 Å². The van der Waals surface area contributed by atoms with Crippen molar-refractivity contribution >= 4 is 10.0 Å². The van der Waals surface area contributed by atoms with Crippen LogP contribution in [0.1, 0.15) is 50.4 Å². The lowest BCUT2D eigenvalue weighted by Gasteiger charge is -2.21. The normalized spacial score (nSPS) is 20.9. The van der Waals surface area contributed by atoms with Crippen LogP contribution in [-0.2, 0) is 10.0 Å². The Labute approximate surface area is 119 Å². The first-order chi connectivity index (χ1) is 9.37. The molecule has 0 unspecified atom stereocenters. The van der Waals surface area contributed by atoms with E-state index in [1.165, 1.54) is 6.26 Å². The maximum atomic E-state index is 11.1. The van der Waals surface area contributed by atoms with Gasteiger partial charge in [0.2, 0.25) is 15.9 Å². The maximum Gasteiger partial charge on any atom is 0.229 e. The standard InChI is InChI=1S/C12H22N4O3S/c1-9(2)12-14-11(15-19-12)10-5-4-7-16(10)8-6-13-20(3,17)18/h9-10,13H,4-8H2,1-3H3/t10-/m1/s1. The van der Waals surface area contributed by atoms with Gasteiger partial charge in [0.15, 0.2) is 5.82 Å². The summed E-state index contributed by atoms with van der Waals surface area (Å²) in [6.45, 7) is 6.02. The molecular formula is C12H22N4O3S. The molecule has 1 saturated heterocycles. The van der Waals surface area contributed by atoms with E-state index >= 15 is 0 Å². The summed E-state index contributed by atoms with van der Waals surface area (Å²) in [5.74, 6) is 1.59. The molecule has 0 radical (unpaired) electrons. The van der Waals surface area contributed by atoms with Crippen molar-refractivity contribution in [3.8, 4) is 0 Å². The first kappa shape index (κ1) is 15.4. The van der Waals surface area contributed by atoms with Crippen molar-refractivity contribution in [3.05, 3.63) is 11.7 Å². The molecule has 0 saturated carbocycles. The Hall–Kier alpha value is -0.990. The van der Waals surface area contributed by atoms with Crippen molar-refractivity contribution in [1.29, 1.82) is 0 Å². The molecule has 0 bridgehead atoms. The zero-order valence-corrected chi connectivity index (χ0v) is 13.0. The Morgan fingerprint density at radius 3 is 2.85 bits per heavy atom. The SMILES string of the molecule is CC(C)c1nc([C@H]2CCCN2CCNS(C)(=O)=O)no1. The minimum atomic E-state index is -3.13. The lowest BCUT2D eigenvalue weighted by atomic mass is 10.2. The average Bonchev–Trinajstić information content (AvgIpc) is 2.93. The van der Waals surface area contributed by atoms with Gasteiger partial charge in [-0.3, -0.25) is 4.90 Å². The van der Waals surface area contributed by atoms with Gasteiger partial charge in [0, 0.05) is 19.0 Å². The van der Waals surface area contributed by atoms with Crippen LogP contribution >= 0.6 is 0 Å². The monoisotopic (exact) mass is 302 g/mol. The molecule has 0 spiro atoms. The number of likely N-dealkylation sites (tertiary alicyclic amines) is 1. The molecular weight excluding hydrogens is 280 g/mol. The van der Waals surface area contributed by atoms with Crippen molar-refractivity contribution in [2.24, 2.45) is 0 Å². The Bertz CT molecular complexity index is 541. The summed E-state index contributed by atoms with van der Waals surface area (Å²) in [6.07, 6.45) is 3.22. The van der Waals surface area contributed by atoms with Gasteiger partial charge in [-0.15, -0.1) is 0 Å². The second-order valence-corrected chi connectivity index (χ2v) is 7.34. The number of sulfonamides is 1. The molecule has 2 rings (SSSR count). The van der Waals surface area contributed by atoms with Crippen LogP contribution in [0.3, 0.4) is 0 Å². The van der Waals surface area contributed by atoms with Crippen molar-refractivity contribution in [1.82, 2.24) is 19.8 Å². The second-order valence-electron chi connectivity index (χ2n) is 5.51. The molecule has 7 nitrogen and oxygen atoms in total. The molecule has 0 aromatic carbocycles. The molecule has 1 aliphatic heterocycles. The zero-order chi connectivity index (χ0) is 14.8. The third kappa shape index (κ3) is 4.00. The van der Waals surface area contributed by atoms with Crippen LogP contribution < -0.4 is 4.72 Å². The van der Waals surface area contributed by atoms with Crippen LogP contribution in [0.15, 0.2) is 4.52 Å². The zero-order valence-electron chi connectivity index (χ0n) is 12.2. The van der Waals surface area contributed by atoms with Gasteiger partial charge in [0.05, 0.1) is 12.3 Å². The number of rotatable bonds is 6. The summed E-state index contributed by atoms with van der Waals surface area (Å²) in [5, 5.41) is 4.06. The molecule has 114 valence electrons. The van der Waals surface area contributed by atoms with E-state index in [0.717, 1.165) is 19.4 Å². The predicted molar refractivity (Wildman–Crippen MR) is 74.8 cm³/mol. The first-order valence-corrected chi connectivity index (χ1v) is 8.78. The predicted octanol–water partition coefficient (Wildman–Crippen LogP) is 0.879. The highest BCUT2D eigenvalue weighted by molar-refractivity contribution is 7.88. The van der Waals surface area contributed by atoms with E-state index < -0.39 is 10.0 Å². The van der Waals surface area contributed by atoms with Gasteiger partial charge in [-0.1, -0.05) is 19.0 Å². The van der Waals surface area contributed by atoms with E-state index in [2.05, 4.69) is 19.8 Å². The molecule has 1 N–H and O–H groups in total. The molecule has 1 fully saturated rings. The van der Waals surface area contributed by atoms with Gasteiger partial charge in [-0.2, -0.15) is 4.98 Å². The van der Waals surface area contributed by atoms with Crippen LogP contribution in [-0.4, -0.2) is 49.3 Å². The third-order valence-electron chi connectivity index (χ3n) is 3.38. The Balaban J connectivity index is 1.96. The van der Waals surface area contributed by atoms with Gasteiger partial charge >= 0.3 is 0 Å². The van der Waals surface area contributed by atoms with Crippen LogP contribution in [0.25, 0.3) is 0 Å². The van der Waals surface area contributed by atoms with Gasteiger partial charge in [0.1, 0.15) is 0 Å². The topological polar surface area (TPSA) is 88.3 Å². The fourth-order valence-electron chi connectivity index (χ4n) is 2.38. The van der Waals surface area contributed by atoms with Crippen molar-refractivity contribution < 1.29 is 12.9 Å². The lowest BCUT2D eigenvalue weighted by Crippen LogP contribution is -2.34. The maximum absolute atomic E-state index is 11.1. The molecule has 1 aliphatic rings. The van der Waals surface area contributed by atoms with E-state index in [0.29, 0.717) is 24.8 Å². The van der Waals surface area contributed by atoms with E-state index in [1.54, 1.807) is 0 Å². The summed E-state index contributed by atoms with van der Waals surface area (Å²) in [4.78, 5) is 6.64. The van der Waals surface area contributed by atoms with E-state index in [-0.39, 0.29) is 12.0 Å². The summed E-state index contributed by atoms with van der Waals surface area (Å²) in [6, 6.07) is 0.132. The van der Waals surface area contributed by atoms with Crippen LogP contribution in [0, 0.1) is 0 Å². The number of hydrogen-bond donors (Lipinski definition) is 1. The highest BCUT2D eigenvalue weighted by Crippen LogP contribution is 2.30. The van der Waals surface area contributed by atoms with Gasteiger partial charge in [-0.05, 0) is 19.4 Å². The van der Waals surface area contributed by atoms with E-state index in [1.807, 2.05) is 13.8 Å². The smallest absolute Gasteiger partial charge is 0.229 e. The minimum Gasteiger partial charge on any atom is -0.339 e. The molecule has 8 heteroatoms. The molecule has 0 aliphatic carbocycles. The summed E-state index contributed by atoms with van der Waals surface area (Å²) >= 11 is 0. The molecule has 2 heterocycles. The van der Waals surface area contributed by atoms with Gasteiger partial charge in [0.25, 0.3) is 0 Å². The first-order valence-electron chi connectivity index (χ1n) is 6.89. The molecule has 20 heavy (non-hydrogen) atoms. The minimum absolute atomic E-state index is 0.132. The van der Waals surface area contributed by atoms with E-state index in [9.17, 15) is 8.42 Å². The van der Waals surface area contributed by atoms with Gasteiger partial charge in [-0.25, -0.2) is 13.1 Å². The number of nitrogens with zero attached hydrogens (tertiary/aromatic N) is 3. The fraction of sp³-hybridized carbons (Fsp3) is 0.833. The van der Waals surface area contributed by atoms with Gasteiger partial charge < -0.3 is 4.52 Å². The largest absolute Gasteiger partial charge is 0.339 e. The molecule has 1 aromatic heterocycles. The Kier molecular flexibility index (Phi) is 4.77. The summed E-state index contributed by atoms with van der Waals surface area (Å²) in [5.41, 5.74) is 0. The highest BCUT2D eigenvalue weighted by Gasteiger charge is 2.30. The molecule has 1 aromatic rings. The summed E-state index contributed by atoms with van der Waals surface area (Å²) < 4.78 is 29.9. The van der Waals surface area contributed by atoms with Crippen molar-refractivity contribution in [2.45, 2.75) is 38.6 Å². The van der Waals surface area contributed by atoms with Crippen LogP contribution in [0.2, 0.25) is 0 Å². The third-order valence-corrected chi connectivity index (χ3v) is 4.10. The van der Waals surface area contributed by atoms with E-state index in [4.69, 9.17) is 4.52 Å². The number of aromatic nitrogens is 2. The lowest BCUT2D eigenvalue weighted by molar-refractivity contribution is 0.246. The quantitative estimate of drug-likeness (QED) is 0.839. The highest BCUT2D eigenvalue weighted by atomic mass is 32.2. The molecule has 1 atom stereocenters. The number of nitrogens with one attached hydrogen (secondary N) is 1. The van der Waals surface area contributed by atoms with Crippen LogP contribution in [0.5, 0.6) is 0 Å². The average molecular weight is 302 g/mol. The van der Waals surface area contributed by atoms with Crippen LogP contribution in [0.4, 0.5) is 0 Å². The number of hydrogen-bond acceptors (Lipinski definition) is 6. The second kappa shape index (κ2) is 6.19. The van der Waals surface area contributed by atoms with Crippen molar-refractivity contribution in [2.75, 3.05) is 25.9 Å². The Morgan fingerprint density at radius 2 is 2.25 bits per heavy atom. The summed E-state index contributed by atoms with van der Waals surface area (Å²) in [7, 11) is -3.13. The molecule has 0 amide bonds. The Morgan fingerprint density at radius 1 is 1.50 bits per heavy atom. The fourth-order valence-corrected chi connectivity index (χ4v) is 2.84.